The third-order valence-corrected chi connectivity index (χ3v) is 7.63. The Balaban J connectivity index is 1.59. The van der Waals surface area contributed by atoms with Gasteiger partial charge in [0.25, 0.3) is 5.91 Å². The van der Waals surface area contributed by atoms with Crippen LogP contribution < -0.4 is 4.90 Å². The summed E-state index contributed by atoms with van der Waals surface area (Å²) in [7, 11) is -3.47. The average Bonchev–Trinajstić information content (AvgIpc) is 2.67. The zero-order chi connectivity index (χ0) is 18.7. The number of nitrogens with one attached hydrogen (secondary N) is 1. The number of piperidine rings is 1. The van der Waals surface area contributed by atoms with Crippen LogP contribution in [-0.4, -0.2) is 68.8 Å². The minimum atomic E-state index is -3.47. The second-order valence-electron chi connectivity index (χ2n) is 7.62. The first-order valence-corrected chi connectivity index (χ1v) is 11.0. The van der Waals surface area contributed by atoms with Gasteiger partial charge >= 0.3 is 0 Å². The van der Waals surface area contributed by atoms with E-state index in [4.69, 9.17) is 0 Å². The molecule has 1 unspecified atom stereocenters. The molecule has 2 heterocycles. The number of carbonyl (C=O) groups excluding carboxylic acids is 1. The zero-order valence-corrected chi connectivity index (χ0v) is 16.5. The molecule has 1 aromatic rings. The van der Waals surface area contributed by atoms with Crippen LogP contribution in [0.25, 0.3) is 0 Å². The number of benzene rings is 1. The van der Waals surface area contributed by atoms with Gasteiger partial charge in [-0.2, -0.15) is 4.31 Å². The molecule has 0 spiro atoms. The molecule has 0 radical (unpaired) electrons. The number of carbonyl (C=O) groups is 1. The van der Waals surface area contributed by atoms with Crippen molar-refractivity contribution in [2.24, 2.45) is 5.92 Å². The highest BCUT2D eigenvalue weighted by atomic mass is 32.2. The standard InChI is InChI=1S/C19H29N3O3S/c1-16-7-6-10-21(15-16)17(2)19(23)20-11-13-22(14-12-20)26(24,25)18-8-4-3-5-9-18/h3-5,8-9,16-17H,6-7,10-15H2,1-2H3/p+1/t16-,17+/m1/s1. The lowest BCUT2D eigenvalue weighted by Gasteiger charge is -2.38. The molecule has 0 aromatic heterocycles. The Kier molecular flexibility index (Phi) is 5.99. The van der Waals surface area contributed by atoms with Crippen LogP contribution in [0.2, 0.25) is 0 Å². The molecular weight excluding hydrogens is 350 g/mol. The van der Waals surface area contributed by atoms with Gasteiger partial charge in [0.2, 0.25) is 10.0 Å². The van der Waals surface area contributed by atoms with Crippen LogP contribution in [0.3, 0.4) is 0 Å². The van der Waals surface area contributed by atoms with Gasteiger partial charge in [0.15, 0.2) is 6.04 Å². The molecule has 1 N–H and O–H groups in total. The van der Waals surface area contributed by atoms with Crippen molar-refractivity contribution in [1.29, 1.82) is 0 Å². The van der Waals surface area contributed by atoms with Crippen molar-refractivity contribution in [1.82, 2.24) is 9.21 Å². The fraction of sp³-hybridized carbons (Fsp3) is 0.632. The molecule has 2 aliphatic heterocycles. The third kappa shape index (κ3) is 4.10. The predicted octanol–water partition coefficient (Wildman–Crippen LogP) is 0.223. The molecule has 3 rings (SSSR count). The number of piperazine rings is 1. The van der Waals surface area contributed by atoms with Crippen molar-refractivity contribution in [3.05, 3.63) is 30.3 Å². The topological polar surface area (TPSA) is 62.1 Å². The fourth-order valence-electron chi connectivity index (χ4n) is 4.06. The van der Waals surface area contributed by atoms with Crippen LogP contribution >= 0.6 is 0 Å². The fourth-order valence-corrected chi connectivity index (χ4v) is 5.50. The van der Waals surface area contributed by atoms with Crippen LogP contribution in [0.15, 0.2) is 35.2 Å². The maximum Gasteiger partial charge on any atom is 0.280 e. The number of rotatable bonds is 4. The summed E-state index contributed by atoms with van der Waals surface area (Å²) in [6, 6.07) is 8.47. The van der Waals surface area contributed by atoms with Crippen LogP contribution in [0.4, 0.5) is 0 Å². The van der Waals surface area contributed by atoms with Gasteiger partial charge in [0, 0.05) is 32.1 Å². The molecule has 26 heavy (non-hydrogen) atoms. The molecule has 7 heteroatoms. The summed E-state index contributed by atoms with van der Waals surface area (Å²) >= 11 is 0. The number of amides is 1. The molecule has 0 aliphatic carbocycles. The van der Waals surface area contributed by atoms with E-state index in [2.05, 4.69) is 6.92 Å². The van der Waals surface area contributed by atoms with Crippen LogP contribution in [0.5, 0.6) is 0 Å². The van der Waals surface area contributed by atoms with Crippen molar-refractivity contribution in [2.45, 2.75) is 37.6 Å². The second-order valence-corrected chi connectivity index (χ2v) is 9.56. The SMILES string of the molecule is C[C@@H]1CCC[NH+]([C@@H](C)C(=O)N2CCN(S(=O)(=O)c3ccccc3)CC2)C1. The van der Waals surface area contributed by atoms with Gasteiger partial charge in [-0.3, -0.25) is 4.79 Å². The highest BCUT2D eigenvalue weighted by molar-refractivity contribution is 7.89. The van der Waals surface area contributed by atoms with Crippen LogP contribution in [0, 0.1) is 5.92 Å². The van der Waals surface area contributed by atoms with Crippen LogP contribution in [0.1, 0.15) is 26.7 Å². The van der Waals surface area contributed by atoms with E-state index in [0.29, 0.717) is 37.0 Å². The smallest absolute Gasteiger partial charge is 0.280 e. The highest BCUT2D eigenvalue weighted by Crippen LogP contribution is 2.17. The van der Waals surface area contributed by atoms with E-state index >= 15 is 0 Å². The Morgan fingerprint density at radius 1 is 1.15 bits per heavy atom. The van der Waals surface area contributed by atoms with Gasteiger partial charge in [-0.15, -0.1) is 0 Å². The summed E-state index contributed by atoms with van der Waals surface area (Å²) in [5, 5.41) is 0. The average molecular weight is 381 g/mol. The number of hydrogen-bond acceptors (Lipinski definition) is 3. The Bertz CT molecular complexity index is 715. The molecule has 6 nitrogen and oxygen atoms in total. The Labute approximate surface area is 156 Å². The van der Waals surface area contributed by atoms with Gasteiger partial charge in [-0.25, -0.2) is 8.42 Å². The summed E-state index contributed by atoms with van der Waals surface area (Å²) in [6.07, 6.45) is 2.43. The molecule has 0 saturated carbocycles. The molecule has 0 bridgehead atoms. The first-order chi connectivity index (χ1) is 12.4. The maximum atomic E-state index is 12.9. The van der Waals surface area contributed by atoms with Gasteiger partial charge < -0.3 is 9.80 Å². The van der Waals surface area contributed by atoms with E-state index in [1.54, 1.807) is 30.3 Å². The molecular formula is C19H30N3O3S+. The maximum absolute atomic E-state index is 12.9. The van der Waals surface area contributed by atoms with Crippen molar-refractivity contribution in [2.75, 3.05) is 39.3 Å². The molecule has 144 valence electrons. The summed E-state index contributed by atoms with van der Waals surface area (Å²) in [6.45, 7) is 8.04. The quantitative estimate of drug-likeness (QED) is 0.813. The van der Waals surface area contributed by atoms with E-state index < -0.39 is 10.0 Å². The summed E-state index contributed by atoms with van der Waals surface area (Å²) in [5.74, 6) is 0.827. The van der Waals surface area contributed by atoms with Crippen LogP contribution in [-0.2, 0) is 14.8 Å². The Hall–Kier alpha value is -1.44. The van der Waals surface area contributed by atoms with Gasteiger partial charge in [-0.05, 0) is 31.9 Å². The van der Waals surface area contributed by atoms with E-state index in [1.807, 2.05) is 11.8 Å². The number of sulfonamides is 1. The van der Waals surface area contributed by atoms with Crippen molar-refractivity contribution in [3.63, 3.8) is 0 Å². The van der Waals surface area contributed by atoms with Crippen molar-refractivity contribution >= 4 is 15.9 Å². The molecule has 2 fully saturated rings. The Morgan fingerprint density at radius 3 is 2.42 bits per heavy atom. The monoisotopic (exact) mass is 380 g/mol. The van der Waals surface area contributed by atoms with Crippen molar-refractivity contribution in [3.8, 4) is 0 Å². The zero-order valence-electron chi connectivity index (χ0n) is 15.7. The summed E-state index contributed by atoms with van der Waals surface area (Å²) in [5.41, 5.74) is 0. The molecule has 3 atom stereocenters. The van der Waals surface area contributed by atoms with E-state index in [0.717, 1.165) is 13.1 Å². The summed E-state index contributed by atoms with van der Waals surface area (Å²) in [4.78, 5) is 16.4. The van der Waals surface area contributed by atoms with Crippen molar-refractivity contribution < 1.29 is 18.1 Å². The normalized spacial score (nSPS) is 26.5. The lowest BCUT2D eigenvalue weighted by molar-refractivity contribution is -0.922. The first kappa shape index (κ1) is 19.3. The predicted molar refractivity (Wildman–Crippen MR) is 100 cm³/mol. The molecule has 1 aromatic carbocycles. The Morgan fingerprint density at radius 2 is 1.81 bits per heavy atom. The largest absolute Gasteiger partial charge is 0.335 e. The molecule has 2 saturated heterocycles. The number of nitrogens with zero attached hydrogens (tertiary/aromatic N) is 2. The lowest BCUT2D eigenvalue weighted by atomic mass is 9.98. The number of likely N-dealkylation sites (tertiary alicyclic amines) is 1. The summed E-state index contributed by atoms with van der Waals surface area (Å²) < 4.78 is 26.9. The number of quaternary nitrogens is 1. The molecule has 2 aliphatic rings. The van der Waals surface area contributed by atoms with E-state index in [1.165, 1.54) is 22.0 Å². The lowest BCUT2D eigenvalue weighted by Crippen LogP contribution is -3.18. The third-order valence-electron chi connectivity index (χ3n) is 5.72. The first-order valence-electron chi connectivity index (χ1n) is 9.58. The van der Waals surface area contributed by atoms with E-state index in [9.17, 15) is 13.2 Å². The minimum absolute atomic E-state index is 0.0463. The highest BCUT2D eigenvalue weighted by Gasteiger charge is 2.35. The minimum Gasteiger partial charge on any atom is -0.335 e. The number of hydrogen-bond donors (Lipinski definition) is 1. The van der Waals surface area contributed by atoms with Gasteiger partial charge in [0.1, 0.15) is 0 Å². The second kappa shape index (κ2) is 8.06. The van der Waals surface area contributed by atoms with E-state index in [-0.39, 0.29) is 11.9 Å². The van der Waals surface area contributed by atoms with Gasteiger partial charge in [-0.1, -0.05) is 25.1 Å². The van der Waals surface area contributed by atoms with Gasteiger partial charge in [0.05, 0.1) is 18.0 Å². The molecule has 1 amide bonds.